The summed E-state index contributed by atoms with van der Waals surface area (Å²) in [6.45, 7) is 1.77. The van der Waals surface area contributed by atoms with Crippen LogP contribution in [-0.4, -0.2) is 31.0 Å². The van der Waals surface area contributed by atoms with Gasteiger partial charge >= 0.3 is 11.8 Å². The molecular weight excluding hydrogens is 310 g/mol. The van der Waals surface area contributed by atoms with Crippen molar-refractivity contribution >= 4 is 17.6 Å². The van der Waals surface area contributed by atoms with Gasteiger partial charge in [-0.25, -0.2) is 4.98 Å². The predicted octanol–water partition coefficient (Wildman–Crippen LogP) is 1.91. The fourth-order valence-electron chi connectivity index (χ4n) is 2.08. The fourth-order valence-corrected chi connectivity index (χ4v) is 2.08. The Kier molecular flexibility index (Phi) is 5.73. The van der Waals surface area contributed by atoms with E-state index in [0.717, 1.165) is 5.56 Å². The van der Waals surface area contributed by atoms with Crippen LogP contribution in [-0.2, 0) is 9.59 Å². The van der Waals surface area contributed by atoms with Crippen molar-refractivity contribution in [2.75, 3.05) is 19.5 Å². The minimum absolute atomic E-state index is 0.316. The molecule has 0 fully saturated rings. The van der Waals surface area contributed by atoms with E-state index in [4.69, 9.17) is 9.47 Å². The molecule has 2 rings (SSSR count). The number of amides is 2. The Morgan fingerprint density at radius 2 is 1.79 bits per heavy atom. The number of methoxy groups -OCH3 is 2. The highest BCUT2D eigenvalue weighted by molar-refractivity contribution is 6.39. The molecule has 126 valence electrons. The van der Waals surface area contributed by atoms with E-state index < -0.39 is 11.8 Å². The molecule has 0 saturated carbocycles. The molecule has 1 aromatic carbocycles. The maximum Gasteiger partial charge on any atom is 0.314 e. The van der Waals surface area contributed by atoms with Crippen molar-refractivity contribution < 1.29 is 19.1 Å². The monoisotopic (exact) mass is 329 g/mol. The van der Waals surface area contributed by atoms with E-state index in [1.54, 1.807) is 50.4 Å². The van der Waals surface area contributed by atoms with E-state index >= 15 is 0 Å². The summed E-state index contributed by atoms with van der Waals surface area (Å²) in [5, 5.41) is 5.06. The highest BCUT2D eigenvalue weighted by Crippen LogP contribution is 2.29. The van der Waals surface area contributed by atoms with Gasteiger partial charge in [-0.15, -0.1) is 0 Å². The number of carbonyl (C=O) groups excluding carboxylic acids is 2. The molecule has 0 spiro atoms. The summed E-state index contributed by atoms with van der Waals surface area (Å²) in [5.41, 5.74) is 0.784. The van der Waals surface area contributed by atoms with Gasteiger partial charge in [0.2, 0.25) is 0 Å². The molecule has 0 aliphatic rings. The zero-order valence-electron chi connectivity index (χ0n) is 13.7. The molecule has 7 nitrogen and oxygen atoms in total. The number of anilines is 1. The van der Waals surface area contributed by atoms with Gasteiger partial charge in [-0.3, -0.25) is 9.59 Å². The maximum absolute atomic E-state index is 12.0. The molecule has 1 unspecified atom stereocenters. The molecule has 2 amide bonds. The van der Waals surface area contributed by atoms with Crippen molar-refractivity contribution in [1.82, 2.24) is 10.3 Å². The SMILES string of the molecule is COc1ccc(C(C)NC(=O)C(=O)Nc2ccccn2)cc1OC. The molecule has 0 aliphatic heterocycles. The molecule has 0 bridgehead atoms. The highest BCUT2D eigenvalue weighted by Gasteiger charge is 2.18. The fraction of sp³-hybridized carbons (Fsp3) is 0.235. The van der Waals surface area contributed by atoms with E-state index in [1.807, 2.05) is 0 Å². The normalized spacial score (nSPS) is 11.3. The van der Waals surface area contributed by atoms with E-state index in [-0.39, 0.29) is 6.04 Å². The quantitative estimate of drug-likeness (QED) is 0.818. The maximum atomic E-state index is 12.0. The molecule has 1 atom stereocenters. The summed E-state index contributed by atoms with van der Waals surface area (Å²) < 4.78 is 10.4. The second-order valence-corrected chi connectivity index (χ2v) is 4.98. The molecule has 1 heterocycles. The molecular formula is C17H19N3O4. The Morgan fingerprint density at radius 3 is 2.42 bits per heavy atom. The van der Waals surface area contributed by atoms with Gasteiger partial charge in [-0.1, -0.05) is 12.1 Å². The number of hydrogen-bond donors (Lipinski definition) is 2. The van der Waals surface area contributed by atoms with Crippen LogP contribution in [0.1, 0.15) is 18.5 Å². The van der Waals surface area contributed by atoms with Gasteiger partial charge in [0, 0.05) is 6.20 Å². The van der Waals surface area contributed by atoms with E-state index in [9.17, 15) is 9.59 Å². The number of nitrogens with zero attached hydrogens (tertiary/aromatic N) is 1. The van der Waals surface area contributed by atoms with Gasteiger partial charge in [0.25, 0.3) is 0 Å². The summed E-state index contributed by atoms with van der Waals surface area (Å²) >= 11 is 0. The van der Waals surface area contributed by atoms with Crippen molar-refractivity contribution in [3.8, 4) is 11.5 Å². The topological polar surface area (TPSA) is 89.5 Å². The Hall–Kier alpha value is -3.09. The van der Waals surface area contributed by atoms with Crippen molar-refractivity contribution in [3.05, 3.63) is 48.2 Å². The molecule has 2 N–H and O–H groups in total. The van der Waals surface area contributed by atoms with Crippen molar-refractivity contribution in [2.45, 2.75) is 13.0 Å². The highest BCUT2D eigenvalue weighted by atomic mass is 16.5. The summed E-state index contributed by atoms with van der Waals surface area (Å²) in [6.07, 6.45) is 1.53. The minimum atomic E-state index is -0.777. The number of rotatable bonds is 5. The van der Waals surface area contributed by atoms with Crippen molar-refractivity contribution in [2.24, 2.45) is 0 Å². The zero-order chi connectivity index (χ0) is 17.5. The third kappa shape index (κ3) is 4.22. The molecule has 1 aromatic heterocycles. The first-order valence-corrected chi connectivity index (χ1v) is 7.30. The van der Waals surface area contributed by atoms with Crippen LogP contribution in [0, 0.1) is 0 Å². The van der Waals surface area contributed by atoms with E-state index in [0.29, 0.717) is 17.3 Å². The summed E-state index contributed by atoms with van der Waals surface area (Å²) in [6, 6.07) is 9.94. The summed E-state index contributed by atoms with van der Waals surface area (Å²) in [5.74, 6) is -0.0675. The first kappa shape index (κ1) is 17.3. The lowest BCUT2D eigenvalue weighted by Gasteiger charge is -2.16. The lowest BCUT2D eigenvalue weighted by atomic mass is 10.1. The van der Waals surface area contributed by atoms with Gasteiger partial charge in [0.05, 0.1) is 20.3 Å². The average Bonchev–Trinajstić information content (AvgIpc) is 2.61. The minimum Gasteiger partial charge on any atom is -0.493 e. The molecule has 0 radical (unpaired) electrons. The first-order chi connectivity index (χ1) is 11.5. The Labute approximate surface area is 140 Å². The number of ether oxygens (including phenoxy) is 2. The first-order valence-electron chi connectivity index (χ1n) is 7.30. The summed E-state index contributed by atoms with van der Waals surface area (Å²) in [7, 11) is 3.08. The molecule has 0 aliphatic carbocycles. The summed E-state index contributed by atoms with van der Waals surface area (Å²) in [4.78, 5) is 27.8. The number of carbonyl (C=O) groups is 2. The predicted molar refractivity (Wildman–Crippen MR) is 89.0 cm³/mol. The number of pyridine rings is 1. The number of nitrogens with one attached hydrogen (secondary N) is 2. The van der Waals surface area contributed by atoms with E-state index in [1.165, 1.54) is 13.3 Å². The van der Waals surface area contributed by atoms with Gasteiger partial charge < -0.3 is 20.1 Å². The van der Waals surface area contributed by atoms with Gasteiger partial charge in [0.15, 0.2) is 11.5 Å². The van der Waals surface area contributed by atoms with Gasteiger partial charge in [0.1, 0.15) is 5.82 Å². The van der Waals surface area contributed by atoms with Crippen molar-refractivity contribution in [3.63, 3.8) is 0 Å². The number of hydrogen-bond acceptors (Lipinski definition) is 5. The molecule has 0 saturated heterocycles. The smallest absolute Gasteiger partial charge is 0.314 e. The van der Waals surface area contributed by atoms with Crippen LogP contribution in [0.15, 0.2) is 42.6 Å². The number of benzene rings is 1. The second kappa shape index (κ2) is 7.96. The molecule has 2 aromatic rings. The third-order valence-electron chi connectivity index (χ3n) is 3.37. The standard InChI is InChI=1S/C17H19N3O4/c1-11(12-7-8-13(23-2)14(10-12)24-3)19-16(21)17(22)20-15-6-4-5-9-18-15/h4-11H,1-3H3,(H,19,21)(H,18,20,22). The largest absolute Gasteiger partial charge is 0.493 e. The molecule has 24 heavy (non-hydrogen) atoms. The molecule has 7 heteroatoms. The van der Waals surface area contributed by atoms with Crippen molar-refractivity contribution in [1.29, 1.82) is 0 Å². The van der Waals surface area contributed by atoms with Crippen LogP contribution < -0.4 is 20.1 Å². The second-order valence-electron chi connectivity index (χ2n) is 4.98. The van der Waals surface area contributed by atoms with E-state index in [2.05, 4.69) is 15.6 Å². The van der Waals surface area contributed by atoms with Crippen LogP contribution in [0.3, 0.4) is 0 Å². The lowest BCUT2D eigenvalue weighted by Crippen LogP contribution is -2.37. The van der Waals surface area contributed by atoms with Crippen LogP contribution in [0.4, 0.5) is 5.82 Å². The Balaban J connectivity index is 2.02. The van der Waals surface area contributed by atoms with Crippen LogP contribution >= 0.6 is 0 Å². The Morgan fingerprint density at radius 1 is 1.04 bits per heavy atom. The van der Waals surface area contributed by atoms with Crippen LogP contribution in [0.5, 0.6) is 11.5 Å². The zero-order valence-corrected chi connectivity index (χ0v) is 13.7. The number of aromatic nitrogens is 1. The third-order valence-corrected chi connectivity index (χ3v) is 3.37. The van der Waals surface area contributed by atoms with Gasteiger partial charge in [-0.2, -0.15) is 0 Å². The van der Waals surface area contributed by atoms with Crippen LogP contribution in [0.25, 0.3) is 0 Å². The van der Waals surface area contributed by atoms with Crippen LogP contribution in [0.2, 0.25) is 0 Å². The van der Waals surface area contributed by atoms with Gasteiger partial charge in [-0.05, 0) is 36.8 Å². The Bertz CT molecular complexity index is 719. The lowest BCUT2D eigenvalue weighted by molar-refractivity contribution is -0.136. The average molecular weight is 329 g/mol.